The van der Waals surface area contributed by atoms with Crippen LogP contribution in [0.25, 0.3) is 0 Å². The summed E-state index contributed by atoms with van der Waals surface area (Å²) in [5, 5.41) is 13.4. The highest BCUT2D eigenvalue weighted by Crippen LogP contribution is 2.24. The maximum Gasteiger partial charge on any atom is 0.407 e. The minimum atomic E-state index is -0.562. The summed E-state index contributed by atoms with van der Waals surface area (Å²) in [7, 11) is 1.49. The van der Waals surface area contributed by atoms with E-state index < -0.39 is 16.6 Å². The molecule has 7 heteroatoms. The minimum absolute atomic E-state index is 0.0110. The van der Waals surface area contributed by atoms with Crippen LogP contribution in [0.2, 0.25) is 0 Å². The van der Waals surface area contributed by atoms with Crippen LogP contribution < -0.4 is 10.1 Å². The van der Waals surface area contributed by atoms with Crippen LogP contribution in [-0.4, -0.2) is 30.3 Å². The van der Waals surface area contributed by atoms with Crippen LogP contribution in [-0.2, 0) is 11.2 Å². The number of methoxy groups -OCH3 is 1. The summed E-state index contributed by atoms with van der Waals surface area (Å²) < 4.78 is 10.3. The van der Waals surface area contributed by atoms with E-state index in [9.17, 15) is 14.9 Å². The van der Waals surface area contributed by atoms with Gasteiger partial charge >= 0.3 is 6.09 Å². The number of carbonyl (C=O) groups is 1. The number of non-ortho nitro benzene ring substituents is 1. The first-order valence-electron chi connectivity index (χ1n) is 6.51. The molecule has 0 bridgehead atoms. The summed E-state index contributed by atoms with van der Waals surface area (Å²) in [5.41, 5.74) is 0.0821. The Labute approximate surface area is 123 Å². The molecule has 1 amide bonds. The number of amides is 1. The molecule has 1 N–H and O–H groups in total. The van der Waals surface area contributed by atoms with Crippen molar-refractivity contribution in [3.8, 4) is 5.75 Å². The zero-order valence-electron chi connectivity index (χ0n) is 12.6. The number of rotatable bonds is 5. The molecule has 0 saturated heterocycles. The van der Waals surface area contributed by atoms with Crippen LogP contribution in [0.15, 0.2) is 18.2 Å². The highest BCUT2D eigenvalue weighted by molar-refractivity contribution is 5.67. The molecule has 0 atom stereocenters. The molecule has 0 fully saturated rings. The van der Waals surface area contributed by atoms with Gasteiger partial charge in [-0.2, -0.15) is 0 Å². The van der Waals surface area contributed by atoms with E-state index in [1.165, 1.54) is 19.2 Å². The molecule has 0 aliphatic carbocycles. The van der Waals surface area contributed by atoms with Crippen molar-refractivity contribution in [3.63, 3.8) is 0 Å². The van der Waals surface area contributed by atoms with Gasteiger partial charge in [0.2, 0.25) is 0 Å². The van der Waals surface area contributed by atoms with Gasteiger partial charge in [0.15, 0.2) is 0 Å². The first-order chi connectivity index (χ1) is 9.73. The molecule has 1 rings (SSSR count). The van der Waals surface area contributed by atoms with E-state index in [2.05, 4.69) is 5.32 Å². The molecule has 0 aliphatic heterocycles. The molecule has 1 aromatic carbocycles. The van der Waals surface area contributed by atoms with Crippen LogP contribution in [0.1, 0.15) is 26.3 Å². The van der Waals surface area contributed by atoms with Gasteiger partial charge in [-0.25, -0.2) is 4.79 Å². The third-order valence-electron chi connectivity index (χ3n) is 2.54. The SMILES string of the molecule is COc1ccc([N+](=O)[O-])cc1CCNC(=O)OC(C)(C)C. The van der Waals surface area contributed by atoms with E-state index in [4.69, 9.17) is 9.47 Å². The van der Waals surface area contributed by atoms with Gasteiger partial charge in [0.25, 0.3) is 5.69 Å². The van der Waals surface area contributed by atoms with Crippen molar-refractivity contribution in [1.29, 1.82) is 0 Å². The van der Waals surface area contributed by atoms with Gasteiger partial charge in [0, 0.05) is 24.2 Å². The van der Waals surface area contributed by atoms with E-state index in [1.807, 2.05) is 0 Å². The topological polar surface area (TPSA) is 90.7 Å². The second-order valence-corrected chi connectivity index (χ2v) is 5.43. The molecule has 0 saturated carbocycles. The minimum Gasteiger partial charge on any atom is -0.496 e. The van der Waals surface area contributed by atoms with Crippen LogP contribution in [0.4, 0.5) is 10.5 Å². The zero-order chi connectivity index (χ0) is 16.0. The summed E-state index contributed by atoms with van der Waals surface area (Å²) in [6.45, 7) is 5.62. The Balaban J connectivity index is 2.64. The van der Waals surface area contributed by atoms with Gasteiger partial charge in [-0.1, -0.05) is 0 Å². The Morgan fingerprint density at radius 3 is 2.57 bits per heavy atom. The Hall–Kier alpha value is -2.31. The number of alkyl carbamates (subject to hydrolysis) is 1. The lowest BCUT2D eigenvalue weighted by molar-refractivity contribution is -0.384. The maximum atomic E-state index is 11.5. The lowest BCUT2D eigenvalue weighted by Gasteiger charge is -2.19. The highest BCUT2D eigenvalue weighted by Gasteiger charge is 2.16. The fourth-order valence-corrected chi connectivity index (χ4v) is 1.69. The van der Waals surface area contributed by atoms with Crippen LogP contribution in [0.3, 0.4) is 0 Å². The van der Waals surface area contributed by atoms with Crippen molar-refractivity contribution >= 4 is 11.8 Å². The average molecular weight is 296 g/mol. The van der Waals surface area contributed by atoms with Crippen molar-refractivity contribution in [2.75, 3.05) is 13.7 Å². The predicted octanol–water partition coefficient (Wildman–Crippen LogP) is 2.67. The Morgan fingerprint density at radius 1 is 1.38 bits per heavy atom. The molecule has 1 aromatic rings. The van der Waals surface area contributed by atoms with Crippen molar-refractivity contribution in [2.24, 2.45) is 0 Å². The molecular formula is C14H20N2O5. The molecule has 0 unspecified atom stereocenters. The molecule has 21 heavy (non-hydrogen) atoms. The summed E-state index contributed by atoms with van der Waals surface area (Å²) in [5.74, 6) is 0.548. The summed E-state index contributed by atoms with van der Waals surface area (Å²) >= 11 is 0. The summed E-state index contributed by atoms with van der Waals surface area (Å²) in [4.78, 5) is 21.8. The number of nitro groups is 1. The fraction of sp³-hybridized carbons (Fsp3) is 0.500. The maximum absolute atomic E-state index is 11.5. The second-order valence-electron chi connectivity index (χ2n) is 5.43. The molecule has 0 heterocycles. The Morgan fingerprint density at radius 2 is 2.05 bits per heavy atom. The normalized spacial score (nSPS) is 10.9. The number of ether oxygens (including phenoxy) is 2. The molecule has 116 valence electrons. The molecule has 0 aliphatic rings. The number of hydrogen-bond acceptors (Lipinski definition) is 5. The number of benzene rings is 1. The second kappa shape index (κ2) is 6.92. The summed E-state index contributed by atoms with van der Waals surface area (Å²) in [6.07, 6.45) is -0.115. The number of nitrogens with zero attached hydrogens (tertiary/aromatic N) is 1. The molecule has 7 nitrogen and oxygen atoms in total. The number of hydrogen-bond donors (Lipinski definition) is 1. The lowest BCUT2D eigenvalue weighted by atomic mass is 10.1. The number of nitrogens with one attached hydrogen (secondary N) is 1. The van der Waals surface area contributed by atoms with E-state index in [1.54, 1.807) is 26.8 Å². The van der Waals surface area contributed by atoms with Gasteiger partial charge in [-0.3, -0.25) is 10.1 Å². The van der Waals surface area contributed by atoms with Gasteiger partial charge < -0.3 is 14.8 Å². The fourth-order valence-electron chi connectivity index (χ4n) is 1.69. The standard InChI is InChI=1S/C14H20N2O5/c1-14(2,3)21-13(17)15-8-7-10-9-11(16(18)19)5-6-12(10)20-4/h5-6,9H,7-8H2,1-4H3,(H,15,17). The van der Waals surface area contributed by atoms with Gasteiger partial charge in [-0.05, 0) is 33.3 Å². The average Bonchev–Trinajstić information content (AvgIpc) is 2.36. The Kier molecular flexibility index (Phi) is 5.52. The first kappa shape index (κ1) is 16.7. The van der Waals surface area contributed by atoms with Crippen molar-refractivity contribution < 1.29 is 19.2 Å². The van der Waals surface area contributed by atoms with Crippen molar-refractivity contribution in [2.45, 2.75) is 32.8 Å². The number of nitro benzene ring substituents is 1. The lowest BCUT2D eigenvalue weighted by Crippen LogP contribution is -2.33. The molecule has 0 spiro atoms. The zero-order valence-corrected chi connectivity index (χ0v) is 12.6. The largest absolute Gasteiger partial charge is 0.496 e. The molecule has 0 aromatic heterocycles. The molecular weight excluding hydrogens is 276 g/mol. The van der Waals surface area contributed by atoms with Gasteiger partial charge in [0.1, 0.15) is 11.4 Å². The summed E-state index contributed by atoms with van der Waals surface area (Å²) in [6, 6.07) is 4.36. The quantitative estimate of drug-likeness (QED) is 0.666. The highest BCUT2D eigenvalue weighted by atomic mass is 16.6. The van der Waals surface area contributed by atoms with Crippen molar-refractivity contribution in [1.82, 2.24) is 5.32 Å². The Bertz CT molecular complexity index is 523. The van der Waals surface area contributed by atoms with Crippen molar-refractivity contribution in [3.05, 3.63) is 33.9 Å². The predicted molar refractivity (Wildman–Crippen MR) is 77.6 cm³/mol. The van der Waals surface area contributed by atoms with E-state index in [0.717, 1.165) is 0 Å². The van der Waals surface area contributed by atoms with Gasteiger partial charge in [0.05, 0.1) is 12.0 Å². The monoisotopic (exact) mass is 296 g/mol. The first-order valence-corrected chi connectivity index (χ1v) is 6.51. The van der Waals surface area contributed by atoms with Crippen LogP contribution in [0, 0.1) is 10.1 Å². The smallest absolute Gasteiger partial charge is 0.407 e. The van der Waals surface area contributed by atoms with Crippen LogP contribution >= 0.6 is 0 Å². The van der Waals surface area contributed by atoms with Crippen LogP contribution in [0.5, 0.6) is 5.75 Å². The third-order valence-corrected chi connectivity index (χ3v) is 2.54. The van der Waals surface area contributed by atoms with Gasteiger partial charge in [-0.15, -0.1) is 0 Å². The number of carbonyl (C=O) groups excluding carboxylic acids is 1. The third kappa shape index (κ3) is 5.68. The van der Waals surface area contributed by atoms with E-state index in [-0.39, 0.29) is 5.69 Å². The molecule has 0 radical (unpaired) electrons. The van der Waals surface area contributed by atoms with E-state index >= 15 is 0 Å². The van der Waals surface area contributed by atoms with E-state index in [0.29, 0.717) is 24.3 Å².